The zero-order valence-electron chi connectivity index (χ0n) is 17.1. The van der Waals surface area contributed by atoms with Crippen molar-refractivity contribution in [3.8, 4) is 5.69 Å². The number of hydrogen-bond acceptors (Lipinski definition) is 4. The molecule has 6 heteroatoms. The van der Waals surface area contributed by atoms with Crippen molar-refractivity contribution in [3.05, 3.63) is 77.1 Å². The number of amides is 1. The van der Waals surface area contributed by atoms with E-state index in [0.29, 0.717) is 17.0 Å². The first-order chi connectivity index (χ1) is 13.9. The first-order valence-corrected chi connectivity index (χ1v) is 9.56. The summed E-state index contributed by atoms with van der Waals surface area (Å²) in [5, 5.41) is 7.26. The van der Waals surface area contributed by atoms with E-state index in [2.05, 4.69) is 24.3 Å². The van der Waals surface area contributed by atoms with Gasteiger partial charge in [-0.1, -0.05) is 50.2 Å². The summed E-state index contributed by atoms with van der Waals surface area (Å²) >= 11 is 0. The average molecular weight is 391 g/mol. The van der Waals surface area contributed by atoms with Gasteiger partial charge in [-0.25, -0.2) is 9.48 Å². The molecule has 0 aliphatic heterocycles. The van der Waals surface area contributed by atoms with E-state index in [1.54, 1.807) is 11.6 Å². The van der Waals surface area contributed by atoms with Crippen LogP contribution in [0.25, 0.3) is 5.69 Å². The third-order valence-corrected chi connectivity index (χ3v) is 4.69. The van der Waals surface area contributed by atoms with E-state index in [-0.39, 0.29) is 18.4 Å². The van der Waals surface area contributed by atoms with Gasteiger partial charge in [0, 0.05) is 5.69 Å². The summed E-state index contributed by atoms with van der Waals surface area (Å²) in [5.74, 6) is -0.671. The van der Waals surface area contributed by atoms with Crippen LogP contribution >= 0.6 is 0 Å². The lowest BCUT2D eigenvalue weighted by atomic mass is 10.0. The number of hydrogen-bond donors (Lipinski definition) is 1. The Morgan fingerprint density at radius 3 is 2.38 bits per heavy atom. The van der Waals surface area contributed by atoms with Gasteiger partial charge < -0.3 is 10.1 Å². The van der Waals surface area contributed by atoms with Crippen LogP contribution in [0.2, 0.25) is 0 Å². The van der Waals surface area contributed by atoms with E-state index in [1.807, 2.05) is 61.5 Å². The van der Waals surface area contributed by atoms with Crippen LogP contribution in [0.15, 0.2) is 54.6 Å². The van der Waals surface area contributed by atoms with Crippen LogP contribution in [-0.2, 0) is 9.53 Å². The van der Waals surface area contributed by atoms with E-state index in [9.17, 15) is 9.59 Å². The molecule has 1 aromatic heterocycles. The minimum Gasteiger partial charge on any atom is -0.452 e. The molecular weight excluding hydrogens is 366 g/mol. The maximum Gasteiger partial charge on any atom is 0.342 e. The van der Waals surface area contributed by atoms with Crippen molar-refractivity contribution >= 4 is 17.6 Å². The number of aryl methyl sites for hydroxylation is 1. The van der Waals surface area contributed by atoms with Gasteiger partial charge in [0.15, 0.2) is 6.61 Å². The summed E-state index contributed by atoms with van der Waals surface area (Å²) in [6.07, 6.45) is 0. The van der Waals surface area contributed by atoms with Crippen molar-refractivity contribution in [2.75, 3.05) is 11.9 Å². The van der Waals surface area contributed by atoms with Crippen LogP contribution in [0.3, 0.4) is 0 Å². The van der Waals surface area contributed by atoms with Gasteiger partial charge in [0.1, 0.15) is 5.56 Å². The predicted molar refractivity (Wildman–Crippen MR) is 112 cm³/mol. The zero-order chi connectivity index (χ0) is 21.0. The number of carbonyl (C=O) groups excluding carboxylic acids is 2. The molecule has 1 amide bonds. The minimum atomic E-state index is -0.561. The maximum absolute atomic E-state index is 12.6. The first-order valence-electron chi connectivity index (χ1n) is 9.56. The topological polar surface area (TPSA) is 73.2 Å². The maximum atomic E-state index is 12.6. The lowest BCUT2D eigenvalue weighted by Gasteiger charge is -2.13. The molecule has 0 saturated heterocycles. The van der Waals surface area contributed by atoms with Gasteiger partial charge in [0.2, 0.25) is 0 Å². The van der Waals surface area contributed by atoms with Crippen molar-refractivity contribution in [1.82, 2.24) is 9.78 Å². The molecule has 0 atom stereocenters. The number of ether oxygens (including phenoxy) is 1. The fraction of sp³-hybridized carbons (Fsp3) is 0.261. The molecule has 0 aliphatic rings. The average Bonchev–Trinajstić information content (AvgIpc) is 3.01. The van der Waals surface area contributed by atoms with Crippen LogP contribution in [0.1, 0.15) is 47.1 Å². The summed E-state index contributed by atoms with van der Waals surface area (Å²) in [4.78, 5) is 24.9. The van der Waals surface area contributed by atoms with Crippen LogP contribution in [0, 0.1) is 13.8 Å². The second kappa shape index (κ2) is 8.73. The molecule has 1 heterocycles. The van der Waals surface area contributed by atoms with Crippen LogP contribution in [0.4, 0.5) is 5.69 Å². The Labute approximate surface area is 170 Å². The molecule has 6 nitrogen and oxygen atoms in total. The van der Waals surface area contributed by atoms with Crippen LogP contribution in [-0.4, -0.2) is 28.3 Å². The monoisotopic (exact) mass is 391 g/mol. The molecule has 2 aromatic carbocycles. The highest BCUT2D eigenvalue weighted by molar-refractivity contribution is 5.97. The molecule has 3 aromatic rings. The fourth-order valence-corrected chi connectivity index (χ4v) is 3.26. The van der Waals surface area contributed by atoms with Gasteiger partial charge in [-0.15, -0.1) is 0 Å². The Morgan fingerprint density at radius 1 is 1.03 bits per heavy atom. The van der Waals surface area contributed by atoms with E-state index in [4.69, 9.17) is 4.74 Å². The third kappa shape index (κ3) is 4.54. The number of rotatable bonds is 6. The molecule has 3 rings (SSSR count). The Bertz CT molecular complexity index is 1020. The summed E-state index contributed by atoms with van der Waals surface area (Å²) in [5.41, 5.74) is 4.22. The number of para-hydroxylation sites is 2. The molecule has 150 valence electrons. The molecule has 0 spiro atoms. The van der Waals surface area contributed by atoms with Gasteiger partial charge >= 0.3 is 5.97 Å². The molecular formula is C23H25N3O3. The molecule has 0 aliphatic carbocycles. The largest absolute Gasteiger partial charge is 0.452 e. The highest BCUT2D eigenvalue weighted by atomic mass is 16.5. The highest BCUT2D eigenvalue weighted by Gasteiger charge is 2.21. The molecule has 0 radical (unpaired) electrons. The molecule has 0 saturated carbocycles. The molecule has 29 heavy (non-hydrogen) atoms. The van der Waals surface area contributed by atoms with E-state index in [1.165, 1.54) is 0 Å². The zero-order valence-corrected chi connectivity index (χ0v) is 17.1. The van der Waals surface area contributed by atoms with Gasteiger partial charge in [-0.3, -0.25) is 4.79 Å². The summed E-state index contributed by atoms with van der Waals surface area (Å²) in [6, 6.07) is 17.2. The number of aromatic nitrogens is 2. The van der Waals surface area contributed by atoms with Crippen molar-refractivity contribution in [1.29, 1.82) is 0 Å². The van der Waals surface area contributed by atoms with Crippen molar-refractivity contribution in [3.63, 3.8) is 0 Å². The van der Waals surface area contributed by atoms with Gasteiger partial charge in [-0.05, 0) is 43.5 Å². The molecule has 0 unspecified atom stereocenters. The normalized spacial score (nSPS) is 10.8. The Balaban J connectivity index is 1.69. The number of nitrogens with one attached hydrogen (secondary N) is 1. The Hall–Kier alpha value is -3.41. The first kappa shape index (κ1) is 20.3. The lowest BCUT2D eigenvalue weighted by molar-refractivity contribution is -0.119. The summed E-state index contributed by atoms with van der Waals surface area (Å²) in [7, 11) is 0. The van der Waals surface area contributed by atoms with Crippen LogP contribution in [0.5, 0.6) is 0 Å². The second-order valence-electron chi connectivity index (χ2n) is 7.16. The smallest absolute Gasteiger partial charge is 0.342 e. The fourth-order valence-electron chi connectivity index (χ4n) is 3.26. The molecule has 0 fully saturated rings. The quantitative estimate of drug-likeness (QED) is 0.632. The van der Waals surface area contributed by atoms with Crippen molar-refractivity contribution in [2.24, 2.45) is 0 Å². The van der Waals surface area contributed by atoms with E-state index >= 15 is 0 Å². The lowest BCUT2D eigenvalue weighted by Crippen LogP contribution is -2.22. The van der Waals surface area contributed by atoms with Gasteiger partial charge in [0.25, 0.3) is 5.91 Å². The van der Waals surface area contributed by atoms with Crippen molar-refractivity contribution in [2.45, 2.75) is 33.6 Å². The summed E-state index contributed by atoms with van der Waals surface area (Å²) in [6.45, 7) is 7.31. The van der Waals surface area contributed by atoms with Crippen LogP contribution < -0.4 is 5.32 Å². The molecule has 1 N–H and O–H groups in total. The number of carbonyl (C=O) groups is 2. The predicted octanol–water partition coefficient (Wildman–Crippen LogP) is 4.41. The number of esters is 1. The van der Waals surface area contributed by atoms with Crippen molar-refractivity contribution < 1.29 is 14.3 Å². The Morgan fingerprint density at radius 2 is 1.69 bits per heavy atom. The summed E-state index contributed by atoms with van der Waals surface area (Å²) < 4.78 is 6.97. The number of nitrogens with zero attached hydrogens (tertiary/aromatic N) is 2. The standard InChI is InChI=1S/C23H25N3O3/c1-15(2)19-12-8-9-13-20(19)24-21(27)14-29-23(28)22-16(3)25-26(17(22)4)18-10-6-5-7-11-18/h5-13,15H,14H2,1-4H3,(H,24,27). The third-order valence-electron chi connectivity index (χ3n) is 4.69. The Kier molecular flexibility index (Phi) is 6.12. The van der Waals surface area contributed by atoms with E-state index < -0.39 is 5.97 Å². The highest BCUT2D eigenvalue weighted by Crippen LogP contribution is 2.23. The van der Waals surface area contributed by atoms with Gasteiger partial charge in [-0.2, -0.15) is 5.10 Å². The molecule has 0 bridgehead atoms. The number of anilines is 1. The second-order valence-corrected chi connectivity index (χ2v) is 7.16. The SMILES string of the molecule is Cc1nn(-c2ccccc2)c(C)c1C(=O)OCC(=O)Nc1ccccc1C(C)C. The van der Waals surface area contributed by atoms with E-state index in [0.717, 1.165) is 16.9 Å². The number of benzene rings is 2. The minimum absolute atomic E-state index is 0.267. The van der Waals surface area contributed by atoms with Gasteiger partial charge in [0.05, 0.1) is 17.1 Å².